The Morgan fingerprint density at radius 3 is 2.19 bits per heavy atom. The Morgan fingerprint density at radius 2 is 1.56 bits per heavy atom. The molecule has 2 aliphatic rings. The number of hydrogen-bond acceptors (Lipinski definition) is 3. The molecule has 0 aromatic heterocycles. The summed E-state index contributed by atoms with van der Waals surface area (Å²) in [6.45, 7) is 9.91. The van der Waals surface area contributed by atoms with E-state index in [2.05, 4.69) is 90.2 Å². The van der Waals surface area contributed by atoms with Crippen molar-refractivity contribution >= 4 is 29.4 Å². The molecule has 1 aliphatic carbocycles. The normalized spacial score (nSPS) is 20.6. The lowest BCUT2D eigenvalue weighted by atomic mass is 9.94. The van der Waals surface area contributed by atoms with Gasteiger partial charge in [0.1, 0.15) is 0 Å². The Bertz CT molecular complexity index is 993. The minimum atomic E-state index is -2.10. The molecule has 1 heterocycles. The molecule has 0 radical (unpaired) electrons. The van der Waals surface area contributed by atoms with Crippen LogP contribution in [0.5, 0.6) is 0 Å². The summed E-state index contributed by atoms with van der Waals surface area (Å²) in [6, 6.07) is 21.7. The Morgan fingerprint density at radius 1 is 0.938 bits per heavy atom. The van der Waals surface area contributed by atoms with E-state index in [1.54, 1.807) is 0 Å². The van der Waals surface area contributed by atoms with Gasteiger partial charge in [-0.3, -0.25) is 4.67 Å². The zero-order valence-electron chi connectivity index (χ0n) is 19.4. The highest BCUT2D eigenvalue weighted by Gasteiger charge is 2.36. The molecular formula is C27H35N2OPS. The van der Waals surface area contributed by atoms with E-state index < -0.39 is 6.19 Å². The van der Waals surface area contributed by atoms with E-state index in [1.807, 2.05) is 0 Å². The van der Waals surface area contributed by atoms with Crippen molar-refractivity contribution in [2.24, 2.45) is 0 Å². The van der Waals surface area contributed by atoms with Crippen LogP contribution in [0.25, 0.3) is 6.08 Å². The third-order valence-corrected chi connectivity index (χ3v) is 12.0. The predicted molar refractivity (Wildman–Crippen MR) is 141 cm³/mol. The van der Waals surface area contributed by atoms with Crippen LogP contribution in [-0.4, -0.2) is 49.0 Å². The Balaban J connectivity index is 1.94. The third kappa shape index (κ3) is 4.79. The first-order chi connectivity index (χ1) is 15.7. The first-order valence-corrected chi connectivity index (χ1v) is 14.7. The largest absolute Gasteiger partial charge is 0.378 e. The summed E-state index contributed by atoms with van der Waals surface area (Å²) in [7, 11) is 0. The van der Waals surface area contributed by atoms with Gasteiger partial charge in [-0.1, -0.05) is 86.3 Å². The van der Waals surface area contributed by atoms with Gasteiger partial charge in [-0.15, -0.1) is 0 Å². The molecule has 0 N–H and O–H groups in total. The molecule has 32 heavy (non-hydrogen) atoms. The van der Waals surface area contributed by atoms with Gasteiger partial charge in [0.15, 0.2) is 0 Å². The lowest BCUT2D eigenvalue weighted by molar-refractivity contribution is 0.0540. The van der Waals surface area contributed by atoms with Crippen molar-refractivity contribution in [3.05, 3.63) is 82.8 Å². The van der Waals surface area contributed by atoms with E-state index in [0.29, 0.717) is 0 Å². The fourth-order valence-corrected chi connectivity index (χ4v) is 9.95. The van der Waals surface area contributed by atoms with Crippen molar-refractivity contribution in [3.63, 3.8) is 0 Å². The fourth-order valence-electron chi connectivity index (χ4n) is 4.97. The molecule has 1 atom stereocenters. The second-order valence-corrected chi connectivity index (χ2v) is 12.7. The average Bonchev–Trinajstić information content (AvgIpc) is 2.86. The van der Waals surface area contributed by atoms with Crippen LogP contribution in [0.3, 0.4) is 0 Å². The molecule has 0 spiro atoms. The van der Waals surface area contributed by atoms with Crippen LogP contribution in [0.15, 0.2) is 77.2 Å². The third-order valence-electron chi connectivity index (χ3n) is 6.51. The molecule has 2 aromatic carbocycles. The Hall–Kier alpha value is -1.71. The molecule has 5 heteroatoms. The van der Waals surface area contributed by atoms with E-state index in [-0.39, 0.29) is 0 Å². The fraction of sp³-hybridized carbons (Fsp3) is 0.407. The zero-order valence-corrected chi connectivity index (χ0v) is 21.1. The first-order valence-electron chi connectivity index (χ1n) is 11.9. The summed E-state index contributed by atoms with van der Waals surface area (Å²) < 4.78 is 8.30. The highest BCUT2D eigenvalue weighted by molar-refractivity contribution is 8.19. The highest BCUT2D eigenvalue weighted by atomic mass is 32.4. The minimum Gasteiger partial charge on any atom is -0.378 e. The SMILES string of the molecule is CCN(CC)[P@@](=S)(C1=C(N2CCOCC2)/C(=C/c2ccccc2)CCC1)c1ccccc1. The molecule has 0 bridgehead atoms. The van der Waals surface area contributed by atoms with Crippen LogP contribution >= 0.6 is 6.19 Å². The minimum absolute atomic E-state index is 0.787. The number of hydrogen-bond donors (Lipinski definition) is 0. The van der Waals surface area contributed by atoms with Crippen LogP contribution in [0.2, 0.25) is 0 Å². The van der Waals surface area contributed by atoms with Gasteiger partial charge in [-0.2, -0.15) is 0 Å². The standard InChI is InChI=1S/C27H35N2OPS/c1-3-29(4-2)31(32,25-15-9-6-10-16-25)26-17-11-14-24(22-23-12-7-5-8-13-23)27(26)28-18-20-30-21-19-28/h5-10,12-13,15-16,22H,3-4,11,14,17-21H2,1-2H3/b24-22+/t31-/m0/s1. The molecule has 0 saturated carbocycles. The average molecular weight is 467 g/mol. The van der Waals surface area contributed by atoms with E-state index in [0.717, 1.165) is 58.7 Å². The molecular weight excluding hydrogens is 431 g/mol. The molecule has 4 rings (SSSR count). The predicted octanol–water partition coefficient (Wildman–Crippen LogP) is 5.86. The van der Waals surface area contributed by atoms with Crippen LogP contribution in [0, 0.1) is 0 Å². The summed E-state index contributed by atoms with van der Waals surface area (Å²) in [5, 5.41) is 2.82. The molecule has 3 nitrogen and oxygen atoms in total. The molecule has 1 aliphatic heterocycles. The van der Waals surface area contributed by atoms with Crippen molar-refractivity contribution in [3.8, 4) is 0 Å². The van der Waals surface area contributed by atoms with Crippen molar-refractivity contribution in [2.45, 2.75) is 33.1 Å². The topological polar surface area (TPSA) is 15.7 Å². The van der Waals surface area contributed by atoms with E-state index in [4.69, 9.17) is 16.5 Å². The van der Waals surface area contributed by atoms with Gasteiger partial charge in [0.25, 0.3) is 0 Å². The number of ether oxygens (including phenoxy) is 1. The lowest BCUT2D eigenvalue weighted by Crippen LogP contribution is -2.38. The maximum Gasteiger partial charge on any atom is 0.0691 e. The summed E-state index contributed by atoms with van der Waals surface area (Å²) in [4.78, 5) is 2.57. The second-order valence-electron chi connectivity index (χ2n) is 8.38. The number of benzene rings is 2. The number of nitrogens with zero attached hydrogens (tertiary/aromatic N) is 2. The zero-order chi connectivity index (χ0) is 22.4. The van der Waals surface area contributed by atoms with E-state index in [1.165, 1.54) is 27.5 Å². The molecule has 1 saturated heterocycles. The van der Waals surface area contributed by atoms with Gasteiger partial charge in [0.2, 0.25) is 0 Å². The van der Waals surface area contributed by atoms with Crippen LogP contribution in [-0.2, 0) is 16.5 Å². The second kappa shape index (κ2) is 10.9. The molecule has 0 amide bonds. The Kier molecular flexibility index (Phi) is 8.02. The summed E-state index contributed by atoms with van der Waals surface area (Å²) >= 11 is 6.77. The van der Waals surface area contributed by atoms with Crippen molar-refractivity contribution in [1.29, 1.82) is 0 Å². The number of allylic oxidation sites excluding steroid dienone is 2. The maximum atomic E-state index is 6.77. The lowest BCUT2D eigenvalue weighted by Gasteiger charge is -2.43. The molecule has 1 fully saturated rings. The summed E-state index contributed by atoms with van der Waals surface area (Å²) in [5.74, 6) is 0. The van der Waals surface area contributed by atoms with Crippen LogP contribution in [0.1, 0.15) is 38.7 Å². The highest BCUT2D eigenvalue weighted by Crippen LogP contribution is 2.61. The number of morpholine rings is 1. The van der Waals surface area contributed by atoms with Gasteiger partial charge in [0.05, 0.1) is 19.4 Å². The first kappa shape index (κ1) is 23.4. The Labute approximate surface area is 198 Å². The van der Waals surface area contributed by atoms with Gasteiger partial charge >= 0.3 is 0 Å². The van der Waals surface area contributed by atoms with Crippen molar-refractivity contribution in [1.82, 2.24) is 9.57 Å². The van der Waals surface area contributed by atoms with E-state index in [9.17, 15) is 0 Å². The smallest absolute Gasteiger partial charge is 0.0691 e. The van der Waals surface area contributed by atoms with Crippen LogP contribution < -0.4 is 5.30 Å². The van der Waals surface area contributed by atoms with Crippen LogP contribution in [0.4, 0.5) is 0 Å². The molecule has 170 valence electrons. The van der Waals surface area contributed by atoms with Crippen molar-refractivity contribution < 1.29 is 4.74 Å². The van der Waals surface area contributed by atoms with Gasteiger partial charge in [-0.25, -0.2) is 0 Å². The van der Waals surface area contributed by atoms with Gasteiger partial charge in [0, 0.05) is 42.5 Å². The van der Waals surface area contributed by atoms with Crippen molar-refractivity contribution in [2.75, 3.05) is 39.4 Å². The summed E-state index contributed by atoms with van der Waals surface area (Å²) in [5.41, 5.74) is 4.13. The van der Waals surface area contributed by atoms with Gasteiger partial charge in [-0.05, 0) is 36.5 Å². The van der Waals surface area contributed by atoms with E-state index >= 15 is 0 Å². The molecule has 0 unspecified atom stereocenters. The van der Waals surface area contributed by atoms with Gasteiger partial charge < -0.3 is 9.64 Å². The quantitative estimate of drug-likeness (QED) is 0.475. The monoisotopic (exact) mass is 466 g/mol. The number of rotatable bonds is 7. The maximum absolute atomic E-state index is 6.77. The molecule has 2 aromatic rings. The summed E-state index contributed by atoms with van der Waals surface area (Å²) in [6.07, 6.45) is 3.65.